The van der Waals surface area contributed by atoms with Crippen LogP contribution in [0.4, 0.5) is 0 Å². The highest BCUT2D eigenvalue weighted by atomic mass is 31.2. The fourth-order valence-electron chi connectivity index (χ4n) is 8.96. The zero-order valence-corrected chi connectivity index (χ0v) is 50.2. The summed E-state index contributed by atoms with van der Waals surface area (Å²) in [5, 5.41) is 13.9. The van der Waals surface area contributed by atoms with Gasteiger partial charge in [-0.05, 0) is 83.5 Å². The van der Waals surface area contributed by atoms with E-state index in [1.165, 1.54) is 205 Å². The number of hydrogen-bond donors (Lipinski definition) is 2. The second-order valence-electron chi connectivity index (χ2n) is 22.4. The van der Waals surface area contributed by atoms with Gasteiger partial charge in [0.05, 0.1) is 39.9 Å². The molecule has 0 heterocycles. The molecular formula is C65H121N2O6P. The average molecular weight is 1060 g/mol. The minimum Gasteiger partial charge on any atom is -0.756 e. The largest absolute Gasteiger partial charge is 0.756 e. The van der Waals surface area contributed by atoms with Crippen molar-refractivity contribution in [2.45, 2.75) is 296 Å². The minimum absolute atomic E-state index is 0.0102. The first kappa shape index (κ1) is 71.9. The number of phosphoric acid groups is 1. The summed E-state index contributed by atoms with van der Waals surface area (Å²) in [7, 11) is 1.24. The average Bonchev–Trinajstić information content (AvgIpc) is 3.36. The Balaban J connectivity index is 4.12. The van der Waals surface area contributed by atoms with Gasteiger partial charge in [-0.1, -0.05) is 267 Å². The molecule has 0 aliphatic heterocycles. The van der Waals surface area contributed by atoms with Gasteiger partial charge in [-0.15, -0.1) is 0 Å². The molecule has 0 bridgehead atoms. The van der Waals surface area contributed by atoms with E-state index < -0.39 is 26.6 Å². The molecule has 1 amide bonds. The molecule has 0 spiro atoms. The maximum atomic E-state index is 13.0. The molecule has 74 heavy (non-hydrogen) atoms. The van der Waals surface area contributed by atoms with Gasteiger partial charge in [0.2, 0.25) is 5.91 Å². The van der Waals surface area contributed by atoms with Gasteiger partial charge in [-0.25, -0.2) is 0 Å². The quantitative estimate of drug-likeness (QED) is 0.0272. The second-order valence-corrected chi connectivity index (χ2v) is 23.8. The number of amides is 1. The molecule has 0 aromatic heterocycles. The number of nitrogens with zero attached hydrogens (tertiary/aromatic N) is 1. The third-order valence-electron chi connectivity index (χ3n) is 13.9. The summed E-state index contributed by atoms with van der Waals surface area (Å²) in [4.78, 5) is 25.5. The van der Waals surface area contributed by atoms with Crippen LogP contribution in [-0.4, -0.2) is 68.5 Å². The number of aliphatic hydroxyl groups excluding tert-OH is 1. The molecule has 0 aliphatic rings. The van der Waals surface area contributed by atoms with Crippen LogP contribution < -0.4 is 10.2 Å². The van der Waals surface area contributed by atoms with Crippen molar-refractivity contribution in [3.8, 4) is 0 Å². The van der Waals surface area contributed by atoms with Crippen molar-refractivity contribution < 1.29 is 32.9 Å². The van der Waals surface area contributed by atoms with Crippen molar-refractivity contribution in [1.29, 1.82) is 0 Å². The van der Waals surface area contributed by atoms with Gasteiger partial charge in [0.15, 0.2) is 0 Å². The molecule has 0 radical (unpaired) electrons. The van der Waals surface area contributed by atoms with Crippen LogP contribution in [0, 0.1) is 0 Å². The number of quaternary nitrogens is 1. The Morgan fingerprint density at radius 2 is 0.797 bits per heavy atom. The van der Waals surface area contributed by atoms with Gasteiger partial charge in [0.1, 0.15) is 13.2 Å². The van der Waals surface area contributed by atoms with Crippen LogP contribution >= 0.6 is 7.82 Å². The van der Waals surface area contributed by atoms with E-state index in [4.69, 9.17) is 9.05 Å². The molecule has 0 saturated carbocycles. The Morgan fingerprint density at radius 3 is 1.19 bits per heavy atom. The van der Waals surface area contributed by atoms with Gasteiger partial charge < -0.3 is 28.8 Å². The van der Waals surface area contributed by atoms with Crippen molar-refractivity contribution >= 4 is 13.7 Å². The first-order valence-electron chi connectivity index (χ1n) is 31.3. The molecular weight excluding hydrogens is 936 g/mol. The van der Waals surface area contributed by atoms with Crippen molar-refractivity contribution in [3.05, 3.63) is 72.9 Å². The molecule has 0 aliphatic carbocycles. The Labute approximate surface area is 459 Å². The van der Waals surface area contributed by atoms with Gasteiger partial charge in [0.25, 0.3) is 7.82 Å². The summed E-state index contributed by atoms with van der Waals surface area (Å²) in [5.74, 6) is -0.210. The summed E-state index contributed by atoms with van der Waals surface area (Å²) in [5.41, 5.74) is 0. The van der Waals surface area contributed by atoms with Crippen molar-refractivity contribution in [1.82, 2.24) is 5.32 Å². The maximum Gasteiger partial charge on any atom is 0.268 e. The highest BCUT2D eigenvalue weighted by molar-refractivity contribution is 7.45. The van der Waals surface area contributed by atoms with Crippen molar-refractivity contribution in [3.63, 3.8) is 0 Å². The summed E-state index contributed by atoms with van der Waals surface area (Å²) in [6, 6.07) is -0.912. The second kappa shape index (κ2) is 55.7. The van der Waals surface area contributed by atoms with Gasteiger partial charge in [-0.3, -0.25) is 9.36 Å². The molecule has 0 aromatic rings. The Bertz CT molecular complexity index is 1430. The zero-order chi connectivity index (χ0) is 54.2. The number of likely N-dealkylation sites (N-methyl/N-ethyl adjacent to an activating group) is 1. The molecule has 3 atom stereocenters. The lowest BCUT2D eigenvalue weighted by molar-refractivity contribution is -0.870. The van der Waals surface area contributed by atoms with Crippen LogP contribution in [0.3, 0.4) is 0 Å². The summed E-state index contributed by atoms with van der Waals surface area (Å²) in [6.07, 6.45) is 77.1. The van der Waals surface area contributed by atoms with Crippen molar-refractivity contribution in [2.24, 2.45) is 0 Å². The molecule has 0 fully saturated rings. The number of rotatable bonds is 57. The van der Waals surface area contributed by atoms with Crippen LogP contribution in [0.2, 0.25) is 0 Å². The Morgan fingerprint density at radius 1 is 0.473 bits per heavy atom. The molecule has 2 N–H and O–H groups in total. The number of nitrogens with one attached hydrogen (secondary N) is 1. The highest BCUT2D eigenvalue weighted by Crippen LogP contribution is 2.38. The Hall–Kier alpha value is -2.06. The van der Waals surface area contributed by atoms with E-state index in [2.05, 4.69) is 79.9 Å². The van der Waals surface area contributed by atoms with E-state index >= 15 is 0 Å². The fraction of sp³-hybridized carbons (Fsp3) is 0.800. The molecule has 432 valence electrons. The lowest BCUT2D eigenvalue weighted by Crippen LogP contribution is -2.45. The summed E-state index contributed by atoms with van der Waals surface area (Å²) in [6.45, 7) is 4.62. The van der Waals surface area contributed by atoms with Gasteiger partial charge in [-0.2, -0.15) is 0 Å². The number of hydrogen-bond acceptors (Lipinski definition) is 6. The number of aliphatic hydroxyl groups is 1. The number of carbonyl (C=O) groups excluding carboxylic acids is 1. The number of phosphoric ester groups is 1. The topological polar surface area (TPSA) is 108 Å². The summed E-state index contributed by atoms with van der Waals surface area (Å²) < 4.78 is 23.4. The van der Waals surface area contributed by atoms with E-state index in [0.29, 0.717) is 17.4 Å². The smallest absolute Gasteiger partial charge is 0.268 e. The van der Waals surface area contributed by atoms with Crippen LogP contribution in [-0.2, 0) is 18.4 Å². The third-order valence-corrected chi connectivity index (χ3v) is 14.8. The third kappa shape index (κ3) is 57.6. The standard InChI is InChI=1S/C65H121N2O6P/c1-6-8-10-12-14-16-18-20-22-24-26-27-28-29-30-31-32-33-34-35-36-37-38-39-41-43-45-47-49-51-53-55-57-59-65(69)66-63(62-73-74(70,71)72-61-60-67(3,4)5)64(68)58-56-54-52-50-48-46-44-42-40-25-23-21-19-17-15-13-11-9-7-2/h18,20,24,26,28-29,40,42,48,50,56,58,63-64,68H,6-17,19,21-23,25,27,30-39,41,43-47,49,51-55,57,59-62H2,1-5H3,(H-,66,69,70,71)/b20-18-,26-24-,29-28-,42-40+,50-48+,58-56+. The SMILES string of the molecule is CCCCCCC/C=C\C/C=C\C/C=C\CCCCCCCCCCCCCCCCCCCCC(=O)NC(COP(=O)([O-])OCC[N+](C)(C)C)C(O)/C=C/CC/C=C/CC/C=C/CCCCCCCCCCC. The minimum atomic E-state index is -4.61. The van der Waals surface area contributed by atoms with Gasteiger partial charge in [0, 0.05) is 6.42 Å². The molecule has 0 saturated heterocycles. The number of unbranched alkanes of at least 4 members (excludes halogenated alkanes) is 34. The van der Waals surface area contributed by atoms with Crippen molar-refractivity contribution in [2.75, 3.05) is 40.9 Å². The molecule has 8 nitrogen and oxygen atoms in total. The highest BCUT2D eigenvalue weighted by Gasteiger charge is 2.23. The van der Waals surface area contributed by atoms with E-state index in [-0.39, 0.29) is 12.5 Å². The van der Waals surface area contributed by atoms with Crippen LogP contribution in [0.5, 0.6) is 0 Å². The van der Waals surface area contributed by atoms with E-state index in [1.54, 1.807) is 6.08 Å². The Kier molecular flexibility index (Phi) is 54.1. The maximum absolute atomic E-state index is 13.0. The van der Waals surface area contributed by atoms with Crippen LogP contribution in [0.1, 0.15) is 284 Å². The van der Waals surface area contributed by atoms with Crippen LogP contribution in [0.15, 0.2) is 72.9 Å². The van der Waals surface area contributed by atoms with E-state index in [9.17, 15) is 19.4 Å². The lowest BCUT2D eigenvalue weighted by Gasteiger charge is -2.29. The first-order chi connectivity index (χ1) is 36.0. The molecule has 0 rings (SSSR count). The fourth-order valence-corrected chi connectivity index (χ4v) is 9.68. The molecule has 9 heteroatoms. The number of carbonyl (C=O) groups is 1. The normalized spacial score (nSPS) is 14.3. The molecule has 3 unspecified atom stereocenters. The first-order valence-corrected chi connectivity index (χ1v) is 32.8. The molecule has 0 aromatic carbocycles. The van der Waals surface area contributed by atoms with E-state index in [0.717, 1.165) is 57.8 Å². The predicted molar refractivity (Wildman–Crippen MR) is 320 cm³/mol. The summed E-state index contributed by atoms with van der Waals surface area (Å²) >= 11 is 0. The number of allylic oxidation sites excluding steroid dienone is 11. The van der Waals surface area contributed by atoms with Crippen LogP contribution in [0.25, 0.3) is 0 Å². The van der Waals surface area contributed by atoms with E-state index in [1.807, 2.05) is 27.2 Å². The van der Waals surface area contributed by atoms with Gasteiger partial charge >= 0.3 is 0 Å². The zero-order valence-electron chi connectivity index (χ0n) is 49.3. The predicted octanol–water partition coefficient (Wildman–Crippen LogP) is 18.8. The lowest BCUT2D eigenvalue weighted by atomic mass is 10.0. The monoisotopic (exact) mass is 1060 g/mol.